The van der Waals surface area contributed by atoms with E-state index in [0.29, 0.717) is 25.1 Å². The summed E-state index contributed by atoms with van der Waals surface area (Å²) in [4.78, 5) is 17.1. The maximum atomic E-state index is 12.8. The van der Waals surface area contributed by atoms with Gasteiger partial charge in [0.15, 0.2) is 0 Å². The number of nitrogens with zero attached hydrogens (tertiary/aromatic N) is 2. The van der Waals surface area contributed by atoms with Crippen molar-refractivity contribution in [3.63, 3.8) is 0 Å². The van der Waals surface area contributed by atoms with Crippen LogP contribution in [0.2, 0.25) is 0 Å². The lowest BCUT2D eigenvalue weighted by Crippen LogP contribution is -2.47. The lowest BCUT2D eigenvalue weighted by Gasteiger charge is -2.33. The zero-order valence-corrected chi connectivity index (χ0v) is 14.2. The fourth-order valence-electron chi connectivity index (χ4n) is 2.95. The van der Waals surface area contributed by atoms with E-state index < -0.39 is 0 Å². The molecule has 1 N–H and O–H groups in total. The van der Waals surface area contributed by atoms with E-state index in [4.69, 9.17) is 4.74 Å². The number of rotatable bonds is 9. The summed E-state index contributed by atoms with van der Waals surface area (Å²) in [6.07, 6.45) is 1.91. The van der Waals surface area contributed by atoms with Gasteiger partial charge in [0.25, 0.3) is 0 Å². The Morgan fingerprint density at radius 1 is 1.24 bits per heavy atom. The molecule has 2 atom stereocenters. The molecule has 0 aliphatic carbocycles. The van der Waals surface area contributed by atoms with Crippen LogP contribution < -0.4 is 5.32 Å². The summed E-state index contributed by atoms with van der Waals surface area (Å²) in [5.41, 5.74) is 0. The number of hydrogen-bond acceptors (Lipinski definition) is 4. The van der Waals surface area contributed by atoms with Crippen LogP contribution in [-0.4, -0.2) is 74.7 Å². The van der Waals surface area contributed by atoms with Crippen molar-refractivity contribution < 1.29 is 9.53 Å². The molecular formula is C16H33N3O2. The van der Waals surface area contributed by atoms with E-state index in [1.54, 1.807) is 7.11 Å². The first-order valence-electron chi connectivity index (χ1n) is 8.35. The van der Waals surface area contributed by atoms with Crippen LogP contribution in [0.3, 0.4) is 0 Å². The molecule has 21 heavy (non-hydrogen) atoms. The lowest BCUT2D eigenvalue weighted by molar-refractivity contribution is -0.137. The van der Waals surface area contributed by atoms with Gasteiger partial charge in [-0.2, -0.15) is 0 Å². The van der Waals surface area contributed by atoms with Gasteiger partial charge in [-0.05, 0) is 39.4 Å². The van der Waals surface area contributed by atoms with E-state index in [0.717, 1.165) is 45.6 Å². The molecule has 0 saturated carbocycles. The van der Waals surface area contributed by atoms with Crippen LogP contribution in [0.4, 0.5) is 0 Å². The molecule has 0 radical (unpaired) electrons. The first-order valence-corrected chi connectivity index (χ1v) is 8.35. The van der Waals surface area contributed by atoms with Crippen LogP contribution in [0.5, 0.6) is 0 Å². The Bertz CT molecular complexity index is 295. The van der Waals surface area contributed by atoms with Gasteiger partial charge in [0.05, 0.1) is 6.61 Å². The maximum absolute atomic E-state index is 12.8. The highest BCUT2D eigenvalue weighted by Crippen LogP contribution is 2.18. The molecule has 0 aromatic rings. The molecule has 1 amide bonds. The normalized spacial score (nSPS) is 22.5. The predicted octanol–water partition coefficient (Wildman–Crippen LogP) is 1.19. The Hall–Kier alpha value is -0.650. The minimum absolute atomic E-state index is 0.176. The first kappa shape index (κ1) is 18.4. The van der Waals surface area contributed by atoms with E-state index in [2.05, 4.69) is 31.0 Å². The molecular weight excluding hydrogens is 266 g/mol. The smallest absolute Gasteiger partial charge is 0.225 e. The van der Waals surface area contributed by atoms with Crippen molar-refractivity contribution in [2.45, 2.75) is 39.7 Å². The first-order chi connectivity index (χ1) is 10.1. The van der Waals surface area contributed by atoms with Crippen molar-refractivity contribution in [1.29, 1.82) is 0 Å². The van der Waals surface area contributed by atoms with E-state index in [1.807, 2.05) is 4.90 Å². The maximum Gasteiger partial charge on any atom is 0.225 e. The second-order valence-corrected chi connectivity index (χ2v) is 5.92. The van der Waals surface area contributed by atoms with Crippen molar-refractivity contribution in [3.05, 3.63) is 0 Å². The van der Waals surface area contributed by atoms with E-state index in [9.17, 15) is 4.79 Å². The molecule has 1 heterocycles. The van der Waals surface area contributed by atoms with Crippen molar-refractivity contribution >= 4 is 5.91 Å². The van der Waals surface area contributed by atoms with Gasteiger partial charge in [-0.1, -0.05) is 13.8 Å². The number of carbonyl (C=O) groups excluding carboxylic acids is 1. The molecule has 1 saturated heterocycles. The quantitative estimate of drug-likeness (QED) is 0.695. The van der Waals surface area contributed by atoms with Gasteiger partial charge >= 0.3 is 0 Å². The molecule has 1 fully saturated rings. The Labute approximate surface area is 130 Å². The van der Waals surface area contributed by atoms with E-state index >= 15 is 0 Å². The van der Waals surface area contributed by atoms with E-state index in [-0.39, 0.29) is 5.92 Å². The fourth-order valence-corrected chi connectivity index (χ4v) is 2.95. The second-order valence-electron chi connectivity index (χ2n) is 5.92. The van der Waals surface area contributed by atoms with Crippen LogP contribution in [0, 0.1) is 5.92 Å². The number of amides is 1. The third-order valence-corrected chi connectivity index (χ3v) is 4.43. The highest BCUT2D eigenvalue weighted by atomic mass is 16.5. The summed E-state index contributed by atoms with van der Waals surface area (Å²) in [6.45, 7) is 12.6. The third kappa shape index (κ3) is 6.32. The molecule has 1 rings (SSSR count). The monoisotopic (exact) mass is 299 g/mol. The minimum atomic E-state index is 0.176. The largest absolute Gasteiger partial charge is 0.383 e. The number of ether oxygens (including phenoxy) is 1. The third-order valence-electron chi connectivity index (χ3n) is 4.43. The van der Waals surface area contributed by atoms with Crippen molar-refractivity contribution in [2.75, 3.05) is 53.0 Å². The number of carbonyl (C=O) groups is 1. The average Bonchev–Trinajstić information content (AvgIpc) is 2.50. The summed E-state index contributed by atoms with van der Waals surface area (Å²) in [6, 6.07) is 0.444. The molecule has 124 valence electrons. The number of hydrogen-bond donors (Lipinski definition) is 1. The van der Waals surface area contributed by atoms with Gasteiger partial charge in [0, 0.05) is 38.7 Å². The summed E-state index contributed by atoms with van der Waals surface area (Å²) in [7, 11) is 1.69. The number of nitrogens with one attached hydrogen (secondary N) is 1. The average molecular weight is 299 g/mol. The van der Waals surface area contributed by atoms with Crippen LogP contribution in [0.1, 0.15) is 33.6 Å². The van der Waals surface area contributed by atoms with Gasteiger partial charge in [0.2, 0.25) is 5.91 Å². The topological polar surface area (TPSA) is 44.8 Å². The van der Waals surface area contributed by atoms with Crippen molar-refractivity contribution in [1.82, 2.24) is 15.1 Å². The highest BCUT2D eigenvalue weighted by Gasteiger charge is 2.28. The SMILES string of the molecule is CCN(CC)CCN(CCOC)C(=O)[C@H]1CCN[C@@H](C)C1. The molecule has 5 nitrogen and oxygen atoms in total. The second kappa shape index (κ2) is 10.1. The molecule has 0 bridgehead atoms. The van der Waals surface area contributed by atoms with Crippen molar-refractivity contribution in [2.24, 2.45) is 5.92 Å². The van der Waals surface area contributed by atoms with Gasteiger partial charge < -0.3 is 19.9 Å². The molecule has 1 aliphatic rings. The Morgan fingerprint density at radius 3 is 2.52 bits per heavy atom. The van der Waals surface area contributed by atoms with E-state index in [1.165, 1.54) is 0 Å². The molecule has 5 heteroatoms. The van der Waals surface area contributed by atoms with Crippen LogP contribution in [0.25, 0.3) is 0 Å². The zero-order valence-electron chi connectivity index (χ0n) is 14.2. The fraction of sp³-hybridized carbons (Fsp3) is 0.938. The molecule has 0 aromatic carbocycles. The minimum Gasteiger partial charge on any atom is -0.383 e. The lowest BCUT2D eigenvalue weighted by atomic mass is 9.92. The predicted molar refractivity (Wildman–Crippen MR) is 86.4 cm³/mol. The van der Waals surface area contributed by atoms with Crippen LogP contribution in [-0.2, 0) is 9.53 Å². The zero-order chi connectivity index (χ0) is 15.7. The molecule has 0 spiro atoms. The highest BCUT2D eigenvalue weighted by molar-refractivity contribution is 5.79. The molecule has 1 aliphatic heterocycles. The van der Waals surface area contributed by atoms with Crippen molar-refractivity contribution in [3.8, 4) is 0 Å². The molecule has 0 unspecified atom stereocenters. The summed E-state index contributed by atoms with van der Waals surface area (Å²) >= 11 is 0. The van der Waals surface area contributed by atoms with Gasteiger partial charge in [-0.15, -0.1) is 0 Å². The Kier molecular flexibility index (Phi) is 8.88. The Balaban J connectivity index is 2.55. The molecule has 0 aromatic heterocycles. The summed E-state index contributed by atoms with van der Waals surface area (Å²) in [5.74, 6) is 0.488. The summed E-state index contributed by atoms with van der Waals surface area (Å²) in [5, 5.41) is 3.41. The number of methoxy groups -OCH3 is 1. The number of likely N-dealkylation sites (N-methyl/N-ethyl adjacent to an activating group) is 1. The standard InChI is InChI=1S/C16H33N3O2/c1-5-18(6-2)9-10-19(11-12-21-4)16(20)15-7-8-17-14(3)13-15/h14-15,17H,5-13H2,1-4H3/t14-,15-/m0/s1. The Morgan fingerprint density at radius 2 is 1.95 bits per heavy atom. The summed E-state index contributed by atoms with van der Waals surface area (Å²) < 4.78 is 5.17. The van der Waals surface area contributed by atoms with Gasteiger partial charge in [-0.3, -0.25) is 4.79 Å². The van der Waals surface area contributed by atoms with Gasteiger partial charge in [0.1, 0.15) is 0 Å². The van der Waals surface area contributed by atoms with Crippen LogP contribution >= 0.6 is 0 Å². The van der Waals surface area contributed by atoms with Gasteiger partial charge in [-0.25, -0.2) is 0 Å². The number of piperidine rings is 1. The van der Waals surface area contributed by atoms with Crippen LogP contribution in [0.15, 0.2) is 0 Å².